The maximum absolute atomic E-state index is 13.2. The Morgan fingerprint density at radius 3 is 2.51 bits per heavy atom. The summed E-state index contributed by atoms with van der Waals surface area (Å²) in [6.45, 7) is 2.29. The third-order valence-electron chi connectivity index (χ3n) is 6.98. The Morgan fingerprint density at radius 1 is 1.03 bits per heavy atom. The molecule has 2 aromatic carbocycles. The summed E-state index contributed by atoms with van der Waals surface area (Å²) in [6, 6.07) is 22.8. The minimum absolute atomic E-state index is 0.0558. The fourth-order valence-corrected chi connectivity index (χ4v) is 5.16. The summed E-state index contributed by atoms with van der Waals surface area (Å²) in [7, 11) is 8.18. The zero-order valence-electron chi connectivity index (χ0n) is 23.6. The van der Waals surface area contributed by atoms with Gasteiger partial charge in [-0.05, 0) is 75.0 Å². The second-order valence-electron chi connectivity index (χ2n) is 10.4. The Morgan fingerprint density at radius 2 is 1.79 bits per heavy atom. The standard InChI is InChI=1S/C30H36N6O.CH3.Sb/c1-33(2)20-22-9-7-10-23(19-22)28-27-12-5-6-18-36(27)29(32-28)24-11-8-17-35(21-24)30(37)31-25-13-15-26(16-14-25)34(3)4;;/h5-7,9-10,12-16,18-19,24H,8,11,17,20-21H2,1-4H3,(H,31,37);1H3;. The molecule has 2 amide bonds. The molecule has 4 aromatic rings. The molecule has 0 saturated carbocycles. The molecule has 3 heterocycles. The number of amides is 2. The van der Waals surface area contributed by atoms with E-state index in [0.29, 0.717) is 6.54 Å². The van der Waals surface area contributed by atoms with Crippen LogP contribution in [0.5, 0.6) is 0 Å². The van der Waals surface area contributed by atoms with Gasteiger partial charge in [0.15, 0.2) is 0 Å². The van der Waals surface area contributed by atoms with Crippen LogP contribution in [0.4, 0.5) is 16.2 Å². The molecule has 0 bridgehead atoms. The topological polar surface area (TPSA) is 56.1 Å². The molecule has 1 saturated heterocycles. The van der Waals surface area contributed by atoms with Crippen molar-refractivity contribution in [1.29, 1.82) is 0 Å². The molecule has 1 aliphatic rings. The van der Waals surface area contributed by atoms with Crippen molar-refractivity contribution in [2.75, 3.05) is 51.5 Å². The number of nitrogens with zero attached hydrogens (tertiary/aromatic N) is 5. The van der Waals surface area contributed by atoms with Gasteiger partial charge in [-0.2, -0.15) is 0 Å². The first kappa shape index (κ1) is 29.0. The fraction of sp³-hybridized carbons (Fsp3) is 0.355. The number of likely N-dealkylation sites (tertiary alicyclic amines) is 1. The van der Waals surface area contributed by atoms with Crippen molar-refractivity contribution in [1.82, 2.24) is 19.2 Å². The van der Waals surface area contributed by atoms with Gasteiger partial charge in [0.25, 0.3) is 0 Å². The average molecular weight is 633 g/mol. The van der Waals surface area contributed by atoms with Gasteiger partial charge >= 0.3 is 33.9 Å². The second-order valence-corrected chi connectivity index (χ2v) is 10.4. The Labute approximate surface area is 246 Å². The van der Waals surface area contributed by atoms with Crippen LogP contribution in [0.25, 0.3) is 16.8 Å². The van der Waals surface area contributed by atoms with Gasteiger partial charge in [-0.3, -0.25) is 0 Å². The van der Waals surface area contributed by atoms with Crippen molar-refractivity contribution < 1.29 is 4.79 Å². The number of hydrogen-bond donors (Lipinski definition) is 1. The number of carbonyl (C=O) groups is 1. The van der Waals surface area contributed by atoms with Crippen LogP contribution >= 0.6 is 0 Å². The van der Waals surface area contributed by atoms with E-state index in [-0.39, 0.29) is 11.9 Å². The normalized spacial score (nSPS) is 15.2. The molecule has 0 spiro atoms. The zero-order chi connectivity index (χ0) is 27.9. The number of piperidine rings is 1. The molecule has 2 radical (unpaired) electrons. The predicted molar refractivity (Wildman–Crippen MR) is 163 cm³/mol. The third kappa shape index (κ3) is 6.95. The molecule has 1 unspecified atom stereocenters. The van der Waals surface area contributed by atoms with E-state index in [1.807, 2.05) is 48.2 Å². The van der Waals surface area contributed by atoms with E-state index in [1.165, 1.54) is 5.56 Å². The number of aromatic nitrogens is 2. The van der Waals surface area contributed by atoms with Gasteiger partial charge in [0.1, 0.15) is 5.82 Å². The molecule has 2 aromatic heterocycles. The summed E-state index contributed by atoms with van der Waals surface area (Å²) < 4.78 is 2.21. The summed E-state index contributed by atoms with van der Waals surface area (Å²) in [4.78, 5) is 26.5. The first-order valence-electron chi connectivity index (χ1n) is 13.4. The van der Waals surface area contributed by atoms with Gasteiger partial charge in [0.2, 0.25) is 0 Å². The Balaban J connectivity index is 0.00000172. The van der Waals surface area contributed by atoms with Crippen LogP contribution in [-0.4, -0.2) is 89.5 Å². The maximum atomic E-state index is 13.2. The first-order valence-corrected chi connectivity index (χ1v) is 15.9. The van der Waals surface area contributed by atoms with Gasteiger partial charge in [-0.15, -0.1) is 0 Å². The van der Waals surface area contributed by atoms with Crippen LogP contribution in [0, 0.1) is 0 Å². The van der Waals surface area contributed by atoms with E-state index in [9.17, 15) is 4.79 Å². The number of anilines is 2. The number of imidazole rings is 1. The molecule has 0 aliphatic carbocycles. The quantitative estimate of drug-likeness (QED) is 0.275. The molecule has 1 N–H and O–H groups in total. The first-order chi connectivity index (χ1) is 18.9. The van der Waals surface area contributed by atoms with Crippen LogP contribution in [-0.2, 0) is 6.54 Å². The second kappa shape index (κ2) is 13.4. The summed E-state index contributed by atoms with van der Waals surface area (Å²) >= 11 is 1.75. The van der Waals surface area contributed by atoms with E-state index >= 15 is 0 Å². The van der Waals surface area contributed by atoms with E-state index in [0.717, 1.165) is 59.9 Å². The molecule has 5 rings (SSSR count). The van der Waals surface area contributed by atoms with Gasteiger partial charge in [0.05, 0.1) is 11.2 Å². The van der Waals surface area contributed by atoms with Crippen molar-refractivity contribution in [3.63, 3.8) is 0 Å². The van der Waals surface area contributed by atoms with Crippen LogP contribution in [0.2, 0.25) is 4.87 Å². The SMILES string of the molecule is CN(C)Cc1cccc(-c2nc(C3CCCN(C(=O)Nc4ccc(N(C)C)cc4)C3)n3ccccc23)c1.[CH3][Sb]. The molecule has 7 nitrogen and oxygen atoms in total. The van der Waals surface area contributed by atoms with E-state index in [1.54, 1.807) is 23.0 Å². The molecular weight excluding hydrogens is 594 g/mol. The number of nitrogens with one attached hydrogen (secondary N) is 1. The predicted octanol–water partition coefficient (Wildman–Crippen LogP) is 5.74. The van der Waals surface area contributed by atoms with Crippen molar-refractivity contribution in [3.8, 4) is 11.3 Å². The van der Waals surface area contributed by atoms with E-state index < -0.39 is 0 Å². The van der Waals surface area contributed by atoms with Crippen molar-refractivity contribution in [2.45, 2.75) is 30.2 Å². The number of pyridine rings is 1. The van der Waals surface area contributed by atoms with Crippen molar-refractivity contribution in [3.05, 3.63) is 84.3 Å². The number of benzene rings is 2. The van der Waals surface area contributed by atoms with Crippen LogP contribution in [0.1, 0.15) is 30.1 Å². The van der Waals surface area contributed by atoms with Gasteiger partial charge in [-0.25, -0.2) is 9.78 Å². The van der Waals surface area contributed by atoms with Crippen molar-refractivity contribution >= 4 is 45.9 Å². The summed E-state index contributed by atoms with van der Waals surface area (Å²) in [6.07, 6.45) is 4.05. The summed E-state index contributed by atoms with van der Waals surface area (Å²) in [5.41, 5.74) is 6.40. The molecule has 39 heavy (non-hydrogen) atoms. The molecule has 1 aliphatic heterocycles. The Hall–Kier alpha value is -3.02. The molecular formula is C31H39N6OSb. The number of hydrogen-bond acceptors (Lipinski definition) is 4. The number of urea groups is 1. The molecule has 8 heteroatoms. The van der Waals surface area contributed by atoms with Gasteiger partial charge < -0.3 is 24.4 Å². The average Bonchev–Trinajstić information content (AvgIpc) is 3.34. The van der Waals surface area contributed by atoms with E-state index in [2.05, 4.69) is 82.2 Å². The molecule has 1 atom stereocenters. The number of fused-ring (bicyclic) bond motifs is 1. The minimum atomic E-state index is -0.0558. The van der Waals surface area contributed by atoms with Crippen LogP contribution < -0.4 is 10.2 Å². The summed E-state index contributed by atoms with van der Waals surface area (Å²) in [5, 5.41) is 3.08. The van der Waals surface area contributed by atoms with Crippen LogP contribution in [0.15, 0.2) is 72.9 Å². The number of rotatable bonds is 6. The monoisotopic (exact) mass is 632 g/mol. The van der Waals surface area contributed by atoms with Crippen molar-refractivity contribution in [2.24, 2.45) is 0 Å². The summed E-state index contributed by atoms with van der Waals surface area (Å²) in [5.74, 6) is 1.20. The molecule has 1 fully saturated rings. The van der Waals surface area contributed by atoms with Gasteiger partial charge in [-0.1, -0.05) is 24.3 Å². The Bertz CT molecular complexity index is 1380. The molecule has 204 valence electrons. The third-order valence-corrected chi connectivity index (χ3v) is 6.98. The Kier molecular flexibility index (Phi) is 9.93. The van der Waals surface area contributed by atoms with Crippen LogP contribution in [0.3, 0.4) is 0 Å². The zero-order valence-corrected chi connectivity index (χ0v) is 26.2. The fourth-order valence-electron chi connectivity index (χ4n) is 5.16. The van der Waals surface area contributed by atoms with E-state index in [4.69, 9.17) is 4.98 Å². The number of carbonyl (C=O) groups excluding carboxylic acids is 1. The van der Waals surface area contributed by atoms with Gasteiger partial charge in [0, 0.05) is 62.8 Å².